The maximum absolute atomic E-state index is 9.58. The summed E-state index contributed by atoms with van der Waals surface area (Å²) in [5, 5.41) is 9.58. The first-order valence-electron chi connectivity index (χ1n) is 10.1. The van der Waals surface area contributed by atoms with Gasteiger partial charge < -0.3 is 14.7 Å². The molecule has 0 saturated carbocycles. The van der Waals surface area contributed by atoms with Crippen molar-refractivity contribution in [3.63, 3.8) is 0 Å². The van der Waals surface area contributed by atoms with Crippen molar-refractivity contribution in [1.82, 2.24) is 9.97 Å². The van der Waals surface area contributed by atoms with E-state index in [2.05, 4.69) is 41.1 Å². The molecule has 0 amide bonds. The van der Waals surface area contributed by atoms with Crippen molar-refractivity contribution in [3.05, 3.63) is 71.5 Å². The van der Waals surface area contributed by atoms with Crippen molar-refractivity contribution in [2.24, 2.45) is 0 Å². The predicted octanol–water partition coefficient (Wildman–Crippen LogP) is 3.95. The lowest BCUT2D eigenvalue weighted by Crippen LogP contribution is -2.26. The van der Waals surface area contributed by atoms with E-state index in [9.17, 15) is 5.11 Å². The van der Waals surface area contributed by atoms with E-state index < -0.39 is 0 Å². The second kappa shape index (κ2) is 8.62. The van der Waals surface area contributed by atoms with Gasteiger partial charge in [-0.3, -0.25) is 4.98 Å². The highest BCUT2D eigenvalue weighted by atomic mass is 16.5. The molecule has 150 valence electrons. The number of benzene rings is 1. The lowest BCUT2D eigenvalue weighted by atomic mass is 10.0. The van der Waals surface area contributed by atoms with E-state index in [4.69, 9.17) is 9.72 Å². The highest BCUT2D eigenvalue weighted by Gasteiger charge is 2.26. The molecule has 4 rings (SSSR count). The van der Waals surface area contributed by atoms with Crippen molar-refractivity contribution in [3.8, 4) is 17.1 Å². The summed E-state index contributed by atoms with van der Waals surface area (Å²) in [6.07, 6.45) is 3.41. The van der Waals surface area contributed by atoms with E-state index in [1.54, 1.807) is 0 Å². The van der Waals surface area contributed by atoms with Gasteiger partial charge in [-0.1, -0.05) is 30.3 Å². The first-order chi connectivity index (χ1) is 14.1. The second-order valence-corrected chi connectivity index (χ2v) is 7.60. The molecular formula is C24H27N3O2. The summed E-state index contributed by atoms with van der Waals surface area (Å²) in [6.45, 7) is 5.89. The molecule has 1 atom stereocenters. The number of aryl methyl sites for hydroxylation is 2. The molecule has 3 heterocycles. The molecule has 0 spiro atoms. The standard InChI is InChI=1S/C24H27N3O2/c1-17-7-10-24(25-15-17)29-19-11-13-27(16-19)23-9-8-21(26-22(23)12-14-28)20-6-4-3-5-18(20)2/h3-10,15,19,28H,11-14,16H2,1-2H3/t19-/m0/s1. The molecule has 29 heavy (non-hydrogen) atoms. The molecule has 0 unspecified atom stereocenters. The minimum absolute atomic E-state index is 0.0816. The molecule has 1 saturated heterocycles. The Kier molecular flexibility index (Phi) is 5.76. The number of ether oxygens (including phenoxy) is 1. The van der Waals surface area contributed by atoms with Crippen LogP contribution in [0.25, 0.3) is 11.3 Å². The van der Waals surface area contributed by atoms with E-state index >= 15 is 0 Å². The summed E-state index contributed by atoms with van der Waals surface area (Å²) in [5.74, 6) is 0.672. The third-order valence-corrected chi connectivity index (χ3v) is 5.38. The Labute approximate surface area is 172 Å². The van der Waals surface area contributed by atoms with Crippen LogP contribution in [0, 0.1) is 13.8 Å². The third kappa shape index (κ3) is 4.40. The van der Waals surface area contributed by atoms with Crippen molar-refractivity contribution >= 4 is 5.69 Å². The molecule has 1 aliphatic heterocycles. The van der Waals surface area contributed by atoms with Crippen LogP contribution in [0.3, 0.4) is 0 Å². The predicted molar refractivity (Wildman–Crippen MR) is 115 cm³/mol. The van der Waals surface area contributed by atoms with Gasteiger partial charge >= 0.3 is 0 Å². The summed E-state index contributed by atoms with van der Waals surface area (Å²) < 4.78 is 6.07. The molecule has 0 bridgehead atoms. The van der Waals surface area contributed by atoms with E-state index in [1.165, 1.54) is 5.56 Å². The van der Waals surface area contributed by atoms with Crippen LogP contribution in [0.1, 0.15) is 23.2 Å². The summed E-state index contributed by atoms with van der Waals surface area (Å²) in [4.78, 5) is 11.6. The van der Waals surface area contributed by atoms with Crippen molar-refractivity contribution < 1.29 is 9.84 Å². The Morgan fingerprint density at radius 3 is 2.72 bits per heavy atom. The Morgan fingerprint density at radius 2 is 1.97 bits per heavy atom. The number of hydrogen-bond donors (Lipinski definition) is 1. The van der Waals surface area contributed by atoms with Crippen LogP contribution in [-0.2, 0) is 6.42 Å². The van der Waals surface area contributed by atoms with Gasteiger partial charge in [-0.15, -0.1) is 0 Å². The van der Waals surface area contributed by atoms with E-state index in [1.807, 2.05) is 37.4 Å². The number of aliphatic hydroxyl groups excluding tert-OH is 1. The third-order valence-electron chi connectivity index (χ3n) is 5.38. The van der Waals surface area contributed by atoms with E-state index in [0.29, 0.717) is 12.3 Å². The maximum Gasteiger partial charge on any atom is 0.213 e. The van der Waals surface area contributed by atoms with Crippen LogP contribution < -0.4 is 9.64 Å². The van der Waals surface area contributed by atoms with Crippen LogP contribution in [-0.4, -0.2) is 40.9 Å². The zero-order chi connectivity index (χ0) is 20.2. The number of aliphatic hydroxyl groups is 1. The van der Waals surface area contributed by atoms with E-state index in [0.717, 1.165) is 47.7 Å². The molecule has 2 aromatic heterocycles. The van der Waals surface area contributed by atoms with Crippen LogP contribution >= 0.6 is 0 Å². The molecule has 1 N–H and O–H groups in total. The number of hydrogen-bond acceptors (Lipinski definition) is 5. The average molecular weight is 389 g/mol. The summed E-state index contributed by atoms with van der Waals surface area (Å²) in [6, 6.07) is 16.4. The minimum Gasteiger partial charge on any atom is -0.472 e. The number of aromatic nitrogens is 2. The molecule has 3 aromatic rings. The molecule has 0 aliphatic carbocycles. The highest BCUT2D eigenvalue weighted by Crippen LogP contribution is 2.29. The average Bonchev–Trinajstić information content (AvgIpc) is 3.18. The number of anilines is 1. The van der Waals surface area contributed by atoms with Gasteiger partial charge in [0.15, 0.2) is 0 Å². The molecular weight excluding hydrogens is 362 g/mol. The molecule has 5 heteroatoms. The van der Waals surface area contributed by atoms with Crippen LogP contribution in [0.5, 0.6) is 5.88 Å². The summed E-state index contributed by atoms with van der Waals surface area (Å²) in [7, 11) is 0. The van der Waals surface area contributed by atoms with Crippen molar-refractivity contribution in [1.29, 1.82) is 0 Å². The normalized spacial score (nSPS) is 16.2. The Balaban J connectivity index is 1.53. The van der Waals surface area contributed by atoms with Gasteiger partial charge in [-0.25, -0.2) is 4.98 Å². The van der Waals surface area contributed by atoms with Gasteiger partial charge in [-0.2, -0.15) is 0 Å². The Morgan fingerprint density at radius 1 is 1.10 bits per heavy atom. The Hall–Kier alpha value is -2.92. The largest absolute Gasteiger partial charge is 0.472 e. The van der Waals surface area contributed by atoms with Gasteiger partial charge in [0.2, 0.25) is 5.88 Å². The lowest BCUT2D eigenvalue weighted by molar-refractivity contribution is 0.216. The second-order valence-electron chi connectivity index (χ2n) is 7.60. The zero-order valence-electron chi connectivity index (χ0n) is 17.0. The quantitative estimate of drug-likeness (QED) is 0.692. The summed E-state index contributed by atoms with van der Waals surface area (Å²) in [5.41, 5.74) is 6.42. The van der Waals surface area contributed by atoms with Gasteiger partial charge in [-0.05, 0) is 37.1 Å². The summed E-state index contributed by atoms with van der Waals surface area (Å²) >= 11 is 0. The number of nitrogens with zero attached hydrogens (tertiary/aromatic N) is 3. The molecule has 1 aliphatic rings. The fourth-order valence-corrected chi connectivity index (χ4v) is 3.82. The smallest absolute Gasteiger partial charge is 0.213 e. The van der Waals surface area contributed by atoms with Gasteiger partial charge in [0.1, 0.15) is 6.10 Å². The molecule has 1 aromatic carbocycles. The lowest BCUT2D eigenvalue weighted by Gasteiger charge is -2.22. The fourth-order valence-electron chi connectivity index (χ4n) is 3.82. The highest BCUT2D eigenvalue weighted by molar-refractivity contribution is 5.66. The molecule has 5 nitrogen and oxygen atoms in total. The zero-order valence-corrected chi connectivity index (χ0v) is 17.0. The Bertz CT molecular complexity index is 972. The van der Waals surface area contributed by atoms with Gasteiger partial charge in [0.25, 0.3) is 0 Å². The molecule has 1 fully saturated rings. The number of rotatable bonds is 6. The monoisotopic (exact) mass is 389 g/mol. The first-order valence-corrected chi connectivity index (χ1v) is 10.1. The topological polar surface area (TPSA) is 58.5 Å². The number of pyridine rings is 2. The van der Waals surface area contributed by atoms with Crippen LogP contribution in [0.15, 0.2) is 54.7 Å². The SMILES string of the molecule is Cc1ccc(O[C@H]2CCN(c3ccc(-c4ccccc4C)nc3CCO)C2)nc1. The fraction of sp³-hybridized carbons (Fsp3) is 0.333. The minimum atomic E-state index is 0.0816. The van der Waals surface area contributed by atoms with Crippen molar-refractivity contribution in [2.45, 2.75) is 32.8 Å². The first kappa shape index (κ1) is 19.4. The maximum atomic E-state index is 9.58. The van der Waals surface area contributed by atoms with E-state index in [-0.39, 0.29) is 12.7 Å². The van der Waals surface area contributed by atoms with Gasteiger partial charge in [0.05, 0.1) is 23.6 Å². The van der Waals surface area contributed by atoms with Gasteiger partial charge in [0, 0.05) is 43.8 Å². The van der Waals surface area contributed by atoms with Crippen LogP contribution in [0.2, 0.25) is 0 Å². The van der Waals surface area contributed by atoms with Crippen LogP contribution in [0.4, 0.5) is 5.69 Å². The molecule has 0 radical (unpaired) electrons. The van der Waals surface area contributed by atoms with Crippen molar-refractivity contribution in [2.75, 3.05) is 24.6 Å².